The fourth-order valence-electron chi connectivity index (χ4n) is 3.22. The van der Waals surface area contributed by atoms with Crippen molar-refractivity contribution in [1.29, 1.82) is 0 Å². The Hall–Kier alpha value is -2.08. The molecule has 0 atom stereocenters. The normalized spacial score (nSPS) is 11.3. The summed E-state index contributed by atoms with van der Waals surface area (Å²) in [4.78, 5) is 25.6. The van der Waals surface area contributed by atoms with Crippen molar-refractivity contribution in [2.75, 3.05) is 27.8 Å². The molecule has 198 valence electrons. The first kappa shape index (κ1) is 30.5. The SMILES string of the molecule is COCOc1c(Br)cc(/C=C/C(=O)c2cccc(C(=O)/C=C/c3cc(Br)c(OCOC)c(Br)c3)c2)cc1Br. The predicted octanol–water partition coefficient (Wildman–Crippen LogP) is 8.49. The molecule has 0 aliphatic rings. The van der Waals surface area contributed by atoms with E-state index in [1.165, 1.54) is 12.2 Å². The highest BCUT2D eigenvalue weighted by Crippen LogP contribution is 2.36. The molecule has 0 aromatic heterocycles. The highest BCUT2D eigenvalue weighted by atomic mass is 79.9. The Morgan fingerprint density at radius 2 is 1.03 bits per heavy atom. The van der Waals surface area contributed by atoms with Gasteiger partial charge in [-0.1, -0.05) is 30.4 Å². The average Bonchev–Trinajstić information content (AvgIpc) is 2.89. The van der Waals surface area contributed by atoms with Gasteiger partial charge in [-0.3, -0.25) is 9.59 Å². The maximum Gasteiger partial charge on any atom is 0.188 e. The number of rotatable bonds is 12. The molecule has 0 heterocycles. The molecule has 0 fully saturated rings. The molecule has 3 aromatic rings. The average molecular weight is 774 g/mol. The summed E-state index contributed by atoms with van der Waals surface area (Å²) >= 11 is 13.9. The van der Waals surface area contributed by atoms with Gasteiger partial charge < -0.3 is 18.9 Å². The van der Waals surface area contributed by atoms with Crippen LogP contribution in [0.5, 0.6) is 11.5 Å². The van der Waals surface area contributed by atoms with E-state index in [9.17, 15) is 9.59 Å². The molecule has 0 radical (unpaired) electrons. The maximum atomic E-state index is 12.8. The van der Waals surface area contributed by atoms with Crippen LogP contribution in [0.1, 0.15) is 31.8 Å². The van der Waals surface area contributed by atoms with E-state index >= 15 is 0 Å². The molecule has 6 nitrogen and oxygen atoms in total. The lowest BCUT2D eigenvalue weighted by Crippen LogP contribution is -2.01. The number of ether oxygens (including phenoxy) is 4. The van der Waals surface area contributed by atoms with Crippen molar-refractivity contribution in [2.24, 2.45) is 0 Å². The third-order valence-corrected chi connectivity index (χ3v) is 7.33. The summed E-state index contributed by atoms with van der Waals surface area (Å²) < 4.78 is 23.8. The third kappa shape index (κ3) is 8.46. The number of hydrogen-bond donors (Lipinski definition) is 0. The number of methoxy groups -OCH3 is 2. The van der Waals surface area contributed by atoms with Crippen LogP contribution in [-0.4, -0.2) is 39.4 Å². The largest absolute Gasteiger partial charge is 0.465 e. The van der Waals surface area contributed by atoms with Gasteiger partial charge in [0.05, 0.1) is 17.9 Å². The van der Waals surface area contributed by atoms with E-state index in [-0.39, 0.29) is 25.2 Å². The number of ketones is 2. The number of halogens is 4. The molecule has 0 bridgehead atoms. The van der Waals surface area contributed by atoms with Crippen molar-refractivity contribution in [3.63, 3.8) is 0 Å². The minimum absolute atomic E-state index is 0.111. The zero-order valence-electron chi connectivity index (χ0n) is 20.3. The maximum absolute atomic E-state index is 12.8. The first-order valence-corrected chi connectivity index (χ1v) is 14.2. The number of hydrogen-bond acceptors (Lipinski definition) is 6. The summed E-state index contributed by atoms with van der Waals surface area (Å²) in [5.41, 5.74) is 2.38. The smallest absolute Gasteiger partial charge is 0.188 e. The molecule has 10 heteroatoms. The molecular weight excluding hydrogens is 752 g/mol. The van der Waals surface area contributed by atoms with E-state index < -0.39 is 0 Å². The molecule has 38 heavy (non-hydrogen) atoms. The summed E-state index contributed by atoms with van der Waals surface area (Å²) in [5, 5.41) is 0. The second-order valence-corrected chi connectivity index (χ2v) is 11.1. The molecule has 0 spiro atoms. The fraction of sp³-hybridized carbons (Fsp3) is 0.143. The lowest BCUT2D eigenvalue weighted by Gasteiger charge is -2.10. The Labute approximate surface area is 254 Å². The van der Waals surface area contributed by atoms with Crippen LogP contribution in [-0.2, 0) is 9.47 Å². The molecular formula is C28H22Br4O6. The van der Waals surface area contributed by atoms with Gasteiger partial charge in [0.2, 0.25) is 0 Å². The van der Waals surface area contributed by atoms with Crippen LogP contribution in [0.4, 0.5) is 0 Å². The Balaban J connectivity index is 1.72. The zero-order chi connectivity index (χ0) is 27.7. The van der Waals surface area contributed by atoms with Crippen molar-refractivity contribution in [1.82, 2.24) is 0 Å². The van der Waals surface area contributed by atoms with E-state index in [2.05, 4.69) is 63.7 Å². The van der Waals surface area contributed by atoms with Gasteiger partial charge >= 0.3 is 0 Å². The second-order valence-electron chi connectivity index (χ2n) is 7.71. The van der Waals surface area contributed by atoms with Crippen molar-refractivity contribution in [3.8, 4) is 11.5 Å². The van der Waals surface area contributed by atoms with E-state index in [1.54, 1.807) is 50.6 Å². The molecule has 3 aromatic carbocycles. The van der Waals surface area contributed by atoms with Gasteiger partial charge in [-0.05, 0) is 117 Å². The quantitative estimate of drug-likeness (QED) is 0.105. The van der Waals surface area contributed by atoms with Crippen molar-refractivity contribution >= 4 is 87.4 Å². The number of benzene rings is 3. The molecule has 0 aliphatic heterocycles. The Bertz CT molecular complexity index is 1240. The van der Waals surface area contributed by atoms with Crippen LogP contribution in [0.3, 0.4) is 0 Å². The lowest BCUT2D eigenvalue weighted by molar-refractivity contribution is 0.0498. The molecule has 0 saturated heterocycles. The van der Waals surface area contributed by atoms with Crippen LogP contribution in [0.25, 0.3) is 12.2 Å². The van der Waals surface area contributed by atoms with E-state index in [0.717, 1.165) is 11.1 Å². The first-order valence-electron chi connectivity index (χ1n) is 11.0. The first-order chi connectivity index (χ1) is 18.2. The van der Waals surface area contributed by atoms with E-state index in [4.69, 9.17) is 18.9 Å². The monoisotopic (exact) mass is 770 g/mol. The Morgan fingerprint density at radius 1 is 0.658 bits per heavy atom. The van der Waals surface area contributed by atoms with Crippen molar-refractivity contribution in [3.05, 3.63) is 101 Å². The molecule has 0 amide bonds. The highest BCUT2D eigenvalue weighted by Gasteiger charge is 2.11. The topological polar surface area (TPSA) is 71.1 Å². The molecule has 0 N–H and O–H groups in total. The zero-order valence-corrected chi connectivity index (χ0v) is 26.6. The second kappa shape index (κ2) is 14.9. The van der Waals surface area contributed by atoms with Crippen LogP contribution < -0.4 is 9.47 Å². The van der Waals surface area contributed by atoms with Gasteiger partial charge in [0.15, 0.2) is 36.7 Å². The molecule has 3 rings (SSSR count). The highest BCUT2D eigenvalue weighted by molar-refractivity contribution is 9.11. The van der Waals surface area contributed by atoms with Gasteiger partial charge in [-0.15, -0.1) is 0 Å². The van der Waals surface area contributed by atoms with Gasteiger partial charge in [-0.2, -0.15) is 0 Å². The van der Waals surface area contributed by atoms with Crippen LogP contribution in [0.2, 0.25) is 0 Å². The van der Waals surface area contributed by atoms with E-state index in [1.807, 2.05) is 24.3 Å². The van der Waals surface area contributed by atoms with Crippen LogP contribution in [0.15, 0.2) is 78.6 Å². The van der Waals surface area contributed by atoms with Gasteiger partial charge in [0.25, 0.3) is 0 Å². The van der Waals surface area contributed by atoms with Crippen LogP contribution in [0, 0.1) is 0 Å². The van der Waals surface area contributed by atoms with E-state index in [0.29, 0.717) is 40.5 Å². The molecule has 0 aliphatic carbocycles. The van der Waals surface area contributed by atoms with Crippen molar-refractivity contribution in [2.45, 2.75) is 0 Å². The Kier molecular flexibility index (Phi) is 11.9. The fourth-order valence-corrected chi connectivity index (χ4v) is 6.13. The number of allylic oxidation sites excluding steroid dienone is 2. The Morgan fingerprint density at radius 3 is 1.37 bits per heavy atom. The summed E-state index contributed by atoms with van der Waals surface area (Å²) in [5.74, 6) is 0.750. The van der Waals surface area contributed by atoms with Gasteiger partial charge in [0, 0.05) is 25.3 Å². The van der Waals surface area contributed by atoms with Gasteiger partial charge in [-0.25, -0.2) is 0 Å². The summed E-state index contributed by atoms with van der Waals surface area (Å²) in [7, 11) is 3.09. The minimum atomic E-state index is -0.227. The lowest BCUT2D eigenvalue weighted by atomic mass is 10.0. The summed E-state index contributed by atoms with van der Waals surface area (Å²) in [6.45, 7) is 0.223. The van der Waals surface area contributed by atoms with Crippen LogP contribution >= 0.6 is 63.7 Å². The van der Waals surface area contributed by atoms with Crippen molar-refractivity contribution < 1.29 is 28.5 Å². The minimum Gasteiger partial charge on any atom is -0.465 e. The third-order valence-electron chi connectivity index (χ3n) is 4.97. The summed E-state index contributed by atoms with van der Waals surface area (Å²) in [6.07, 6.45) is 6.32. The predicted molar refractivity (Wildman–Crippen MR) is 162 cm³/mol. The number of carbonyl (C=O) groups is 2. The summed E-state index contributed by atoms with van der Waals surface area (Å²) in [6, 6.07) is 13.9. The standard InChI is InChI=1S/C28H22Br4O6/c1-35-15-37-27-21(29)10-17(11-22(27)30)6-8-25(33)19-4-3-5-20(14-19)26(34)9-7-18-12-23(31)28(24(32)13-18)38-16-36-2/h3-14H,15-16H2,1-2H3/b8-6+,9-7+. The molecule has 0 saturated carbocycles. The van der Waals surface area contributed by atoms with Gasteiger partial charge in [0.1, 0.15) is 0 Å². The number of carbonyl (C=O) groups excluding carboxylic acids is 2. The molecule has 0 unspecified atom stereocenters.